The van der Waals surface area contributed by atoms with Gasteiger partial charge in [0.25, 0.3) is 5.91 Å². The number of carbonyl (C=O) groups excluding carboxylic acids is 2. The van der Waals surface area contributed by atoms with Gasteiger partial charge in [-0.2, -0.15) is 0 Å². The van der Waals surface area contributed by atoms with E-state index in [9.17, 15) is 9.59 Å². The third-order valence-electron chi connectivity index (χ3n) is 6.39. The van der Waals surface area contributed by atoms with E-state index in [2.05, 4.69) is 10.3 Å². The Morgan fingerprint density at radius 3 is 2.43 bits per heavy atom. The van der Waals surface area contributed by atoms with Gasteiger partial charge >= 0.3 is 6.03 Å². The molecule has 0 radical (unpaired) electrons. The van der Waals surface area contributed by atoms with Gasteiger partial charge in [-0.3, -0.25) is 4.79 Å². The Labute approximate surface area is 177 Å². The van der Waals surface area contributed by atoms with Crippen molar-refractivity contribution in [2.75, 3.05) is 31.5 Å². The standard InChI is InChI=1S/C23H30N4O3/c1-15-7-6-8-19(16(15)2)24-23(29)27-13-9-18(10-14-27)21-25-20(17(3)30-21)22(28)26-11-4-5-12-26/h6-8,18H,4-5,9-14H2,1-3H3,(H,24,29). The Morgan fingerprint density at radius 1 is 1.03 bits per heavy atom. The zero-order valence-corrected chi connectivity index (χ0v) is 18.0. The number of rotatable bonds is 3. The van der Waals surface area contributed by atoms with E-state index in [1.807, 2.05) is 48.8 Å². The minimum Gasteiger partial charge on any atom is -0.445 e. The van der Waals surface area contributed by atoms with E-state index in [1.165, 1.54) is 0 Å². The number of benzene rings is 1. The molecule has 7 heteroatoms. The summed E-state index contributed by atoms with van der Waals surface area (Å²) in [6, 6.07) is 5.85. The summed E-state index contributed by atoms with van der Waals surface area (Å²) >= 11 is 0. The molecule has 3 heterocycles. The topological polar surface area (TPSA) is 78.7 Å². The summed E-state index contributed by atoms with van der Waals surface area (Å²) < 4.78 is 5.88. The molecule has 0 spiro atoms. The van der Waals surface area contributed by atoms with Gasteiger partial charge in [0.1, 0.15) is 5.76 Å². The number of likely N-dealkylation sites (tertiary alicyclic amines) is 2. The molecule has 160 valence electrons. The molecule has 2 fully saturated rings. The van der Waals surface area contributed by atoms with Gasteiger partial charge in [0.2, 0.25) is 0 Å². The monoisotopic (exact) mass is 410 g/mol. The highest BCUT2D eigenvalue weighted by atomic mass is 16.4. The number of carbonyl (C=O) groups is 2. The molecular weight excluding hydrogens is 380 g/mol. The van der Waals surface area contributed by atoms with E-state index in [-0.39, 0.29) is 17.9 Å². The lowest BCUT2D eigenvalue weighted by Gasteiger charge is -2.31. The van der Waals surface area contributed by atoms with Gasteiger partial charge in [-0.25, -0.2) is 9.78 Å². The first-order chi connectivity index (χ1) is 14.4. The molecule has 0 atom stereocenters. The van der Waals surface area contributed by atoms with E-state index in [0.717, 1.165) is 55.6 Å². The normalized spacial score (nSPS) is 17.4. The van der Waals surface area contributed by atoms with Gasteiger partial charge in [-0.15, -0.1) is 0 Å². The number of oxazole rings is 1. The zero-order valence-electron chi connectivity index (χ0n) is 18.0. The van der Waals surface area contributed by atoms with Crippen LogP contribution in [0.1, 0.15) is 64.9 Å². The fraction of sp³-hybridized carbons (Fsp3) is 0.522. The number of nitrogens with one attached hydrogen (secondary N) is 1. The Bertz CT molecular complexity index is 938. The molecule has 0 unspecified atom stereocenters. The van der Waals surface area contributed by atoms with Crippen LogP contribution in [0.2, 0.25) is 0 Å². The summed E-state index contributed by atoms with van der Waals surface area (Å²) in [5.74, 6) is 1.33. The van der Waals surface area contributed by atoms with Crippen LogP contribution in [0.4, 0.5) is 10.5 Å². The lowest BCUT2D eigenvalue weighted by Crippen LogP contribution is -2.40. The van der Waals surface area contributed by atoms with Gasteiger partial charge < -0.3 is 19.5 Å². The molecule has 2 aliphatic heterocycles. The minimum atomic E-state index is -0.0735. The first kappa shape index (κ1) is 20.4. The SMILES string of the molecule is Cc1cccc(NC(=O)N2CCC(c3nc(C(=O)N4CCCC4)c(C)o3)CC2)c1C. The average Bonchev–Trinajstić information content (AvgIpc) is 3.41. The molecule has 0 saturated carbocycles. The van der Waals surface area contributed by atoms with Crippen LogP contribution >= 0.6 is 0 Å². The van der Waals surface area contributed by atoms with Crippen molar-refractivity contribution in [1.29, 1.82) is 0 Å². The van der Waals surface area contributed by atoms with E-state index < -0.39 is 0 Å². The molecule has 30 heavy (non-hydrogen) atoms. The molecule has 0 aliphatic carbocycles. The van der Waals surface area contributed by atoms with Crippen LogP contribution in [0, 0.1) is 20.8 Å². The summed E-state index contributed by atoms with van der Waals surface area (Å²) in [6.07, 6.45) is 3.66. The highest BCUT2D eigenvalue weighted by Gasteiger charge is 2.30. The predicted octanol–water partition coefficient (Wildman–Crippen LogP) is 4.25. The molecule has 1 N–H and O–H groups in total. The minimum absolute atomic E-state index is 0.0228. The maximum Gasteiger partial charge on any atom is 0.321 e. The van der Waals surface area contributed by atoms with E-state index in [0.29, 0.717) is 30.4 Å². The van der Waals surface area contributed by atoms with E-state index in [1.54, 1.807) is 0 Å². The van der Waals surface area contributed by atoms with Crippen molar-refractivity contribution in [3.8, 4) is 0 Å². The number of urea groups is 1. The lowest BCUT2D eigenvalue weighted by molar-refractivity contribution is 0.0786. The predicted molar refractivity (Wildman–Crippen MR) is 115 cm³/mol. The first-order valence-corrected chi connectivity index (χ1v) is 10.8. The number of aryl methyl sites for hydroxylation is 2. The summed E-state index contributed by atoms with van der Waals surface area (Å²) in [5.41, 5.74) is 3.55. The number of hydrogen-bond donors (Lipinski definition) is 1. The van der Waals surface area contributed by atoms with Crippen LogP contribution in [-0.2, 0) is 0 Å². The van der Waals surface area contributed by atoms with Crippen molar-refractivity contribution in [3.05, 3.63) is 46.7 Å². The number of aromatic nitrogens is 1. The van der Waals surface area contributed by atoms with Crippen molar-refractivity contribution in [2.24, 2.45) is 0 Å². The number of nitrogens with zero attached hydrogens (tertiary/aromatic N) is 3. The van der Waals surface area contributed by atoms with Crippen molar-refractivity contribution in [2.45, 2.75) is 52.4 Å². The summed E-state index contributed by atoms with van der Waals surface area (Å²) in [4.78, 5) is 33.6. The average molecular weight is 411 g/mol. The second-order valence-corrected chi connectivity index (χ2v) is 8.40. The largest absolute Gasteiger partial charge is 0.445 e. The van der Waals surface area contributed by atoms with Gasteiger partial charge in [0, 0.05) is 37.8 Å². The Hall–Kier alpha value is -2.83. The van der Waals surface area contributed by atoms with E-state index in [4.69, 9.17) is 4.42 Å². The Morgan fingerprint density at radius 2 is 1.73 bits per heavy atom. The first-order valence-electron chi connectivity index (χ1n) is 10.8. The third-order valence-corrected chi connectivity index (χ3v) is 6.39. The van der Waals surface area contributed by atoms with Gasteiger partial charge in [-0.1, -0.05) is 12.1 Å². The molecule has 0 bridgehead atoms. The number of hydrogen-bond acceptors (Lipinski definition) is 4. The molecule has 2 aromatic rings. The molecule has 7 nitrogen and oxygen atoms in total. The highest BCUT2D eigenvalue weighted by Crippen LogP contribution is 2.30. The van der Waals surface area contributed by atoms with Crippen molar-refractivity contribution < 1.29 is 14.0 Å². The van der Waals surface area contributed by atoms with Crippen LogP contribution in [0.25, 0.3) is 0 Å². The van der Waals surface area contributed by atoms with Crippen LogP contribution in [-0.4, -0.2) is 52.9 Å². The summed E-state index contributed by atoms with van der Waals surface area (Å²) in [5, 5.41) is 3.03. The second-order valence-electron chi connectivity index (χ2n) is 8.40. The van der Waals surface area contributed by atoms with Gasteiger partial charge in [0.05, 0.1) is 0 Å². The van der Waals surface area contributed by atoms with Crippen molar-refractivity contribution in [1.82, 2.24) is 14.8 Å². The molecular formula is C23H30N4O3. The van der Waals surface area contributed by atoms with Gasteiger partial charge in [-0.05, 0) is 63.6 Å². The summed E-state index contributed by atoms with van der Waals surface area (Å²) in [7, 11) is 0. The van der Waals surface area contributed by atoms with Crippen LogP contribution in [0.5, 0.6) is 0 Å². The smallest absolute Gasteiger partial charge is 0.321 e. The van der Waals surface area contributed by atoms with Crippen LogP contribution < -0.4 is 5.32 Å². The highest BCUT2D eigenvalue weighted by molar-refractivity contribution is 5.93. The number of piperidine rings is 1. The van der Waals surface area contributed by atoms with Crippen LogP contribution in [0.15, 0.2) is 22.6 Å². The molecule has 3 amide bonds. The third kappa shape index (κ3) is 4.06. The second kappa shape index (κ2) is 8.50. The fourth-order valence-electron chi connectivity index (χ4n) is 4.27. The zero-order chi connectivity index (χ0) is 21.3. The molecule has 1 aromatic heterocycles. The maximum atomic E-state index is 12.7. The Kier molecular flexibility index (Phi) is 5.79. The molecule has 4 rings (SSSR count). The molecule has 1 aromatic carbocycles. The fourth-order valence-corrected chi connectivity index (χ4v) is 4.27. The molecule has 2 saturated heterocycles. The van der Waals surface area contributed by atoms with Crippen molar-refractivity contribution >= 4 is 17.6 Å². The van der Waals surface area contributed by atoms with Crippen LogP contribution in [0.3, 0.4) is 0 Å². The summed E-state index contributed by atoms with van der Waals surface area (Å²) in [6.45, 7) is 8.74. The van der Waals surface area contributed by atoms with Gasteiger partial charge in [0.15, 0.2) is 11.6 Å². The quantitative estimate of drug-likeness (QED) is 0.821. The van der Waals surface area contributed by atoms with E-state index >= 15 is 0 Å². The lowest BCUT2D eigenvalue weighted by atomic mass is 9.97. The maximum absolute atomic E-state index is 12.7. The van der Waals surface area contributed by atoms with Crippen molar-refractivity contribution in [3.63, 3.8) is 0 Å². The number of amides is 3. The number of anilines is 1. The molecule has 2 aliphatic rings. The Balaban J connectivity index is 1.36.